The molecule has 0 spiro atoms. The Morgan fingerprint density at radius 3 is 2.68 bits per heavy atom. The van der Waals surface area contributed by atoms with E-state index in [0.29, 0.717) is 17.0 Å². The lowest BCUT2D eigenvalue weighted by molar-refractivity contribution is 0.415. The molecule has 0 amide bonds. The molecule has 0 fully saturated rings. The van der Waals surface area contributed by atoms with Crippen molar-refractivity contribution in [2.24, 2.45) is 0 Å². The first-order valence-corrected chi connectivity index (χ1v) is 5.79. The Morgan fingerprint density at radius 2 is 2.00 bits per heavy atom. The molecule has 2 aromatic carbocycles. The van der Waals surface area contributed by atoms with Gasteiger partial charge in [-0.15, -0.1) is 0 Å². The Hall–Kier alpha value is -2.54. The third-order valence-electron chi connectivity index (χ3n) is 2.73. The minimum absolute atomic E-state index is 0.327. The van der Waals surface area contributed by atoms with Gasteiger partial charge in [-0.1, -0.05) is 24.3 Å². The van der Waals surface area contributed by atoms with Crippen LogP contribution in [0, 0.1) is 17.1 Å². The zero-order valence-electron chi connectivity index (χ0n) is 10.4. The number of methoxy groups -OCH3 is 1. The van der Waals surface area contributed by atoms with Gasteiger partial charge in [0.05, 0.1) is 13.2 Å². The summed E-state index contributed by atoms with van der Waals surface area (Å²) < 4.78 is 18.8. The summed E-state index contributed by atoms with van der Waals surface area (Å²) >= 11 is 0. The van der Waals surface area contributed by atoms with Gasteiger partial charge in [0.15, 0.2) is 0 Å². The van der Waals surface area contributed by atoms with Gasteiger partial charge in [0.25, 0.3) is 0 Å². The van der Waals surface area contributed by atoms with E-state index in [-0.39, 0.29) is 0 Å². The van der Waals surface area contributed by atoms with Crippen molar-refractivity contribution in [1.82, 2.24) is 0 Å². The fourth-order valence-electron chi connectivity index (χ4n) is 1.77. The largest absolute Gasteiger partial charge is 0.497 e. The van der Waals surface area contributed by atoms with Gasteiger partial charge in [-0.2, -0.15) is 5.26 Å². The van der Waals surface area contributed by atoms with Crippen molar-refractivity contribution in [3.05, 3.63) is 59.9 Å². The van der Waals surface area contributed by atoms with E-state index in [2.05, 4.69) is 11.4 Å². The van der Waals surface area contributed by atoms with E-state index < -0.39 is 11.9 Å². The zero-order valence-corrected chi connectivity index (χ0v) is 10.4. The molecule has 2 rings (SSSR count). The van der Waals surface area contributed by atoms with Crippen LogP contribution in [0.2, 0.25) is 0 Å². The lowest BCUT2D eigenvalue weighted by Crippen LogP contribution is -2.10. The van der Waals surface area contributed by atoms with Crippen molar-refractivity contribution in [1.29, 1.82) is 5.26 Å². The smallest absolute Gasteiger partial charge is 0.143 e. The van der Waals surface area contributed by atoms with Gasteiger partial charge < -0.3 is 10.1 Å². The van der Waals surface area contributed by atoms with Gasteiger partial charge in [0.2, 0.25) is 0 Å². The van der Waals surface area contributed by atoms with Gasteiger partial charge in [0, 0.05) is 17.3 Å². The van der Waals surface area contributed by atoms with Crippen LogP contribution in [0.25, 0.3) is 0 Å². The molecule has 0 saturated heterocycles. The van der Waals surface area contributed by atoms with Gasteiger partial charge in [-0.25, -0.2) is 4.39 Å². The summed E-state index contributed by atoms with van der Waals surface area (Å²) in [4.78, 5) is 0. The highest BCUT2D eigenvalue weighted by Crippen LogP contribution is 2.23. The van der Waals surface area contributed by atoms with Gasteiger partial charge in [-0.05, 0) is 18.2 Å². The Kier molecular flexibility index (Phi) is 3.99. The highest BCUT2D eigenvalue weighted by molar-refractivity contribution is 5.51. The third kappa shape index (κ3) is 3.02. The summed E-state index contributed by atoms with van der Waals surface area (Å²) in [6.07, 6.45) is 0. The molecule has 3 nitrogen and oxygen atoms in total. The van der Waals surface area contributed by atoms with Gasteiger partial charge in [-0.3, -0.25) is 0 Å². The number of nitrogens with one attached hydrogen (secondary N) is 1. The van der Waals surface area contributed by atoms with E-state index in [1.807, 2.05) is 0 Å². The van der Waals surface area contributed by atoms with Crippen LogP contribution in [0.3, 0.4) is 0 Å². The Morgan fingerprint density at radius 1 is 1.21 bits per heavy atom. The third-order valence-corrected chi connectivity index (χ3v) is 2.73. The molecule has 0 saturated carbocycles. The summed E-state index contributed by atoms with van der Waals surface area (Å²) in [5.41, 5.74) is 1.03. The monoisotopic (exact) mass is 256 g/mol. The second-order valence-corrected chi connectivity index (χ2v) is 3.96. The van der Waals surface area contributed by atoms with Crippen molar-refractivity contribution in [3.8, 4) is 11.8 Å². The molecular weight excluding hydrogens is 243 g/mol. The molecule has 4 heteroatoms. The molecule has 1 N–H and O–H groups in total. The van der Waals surface area contributed by atoms with Gasteiger partial charge in [0.1, 0.15) is 17.6 Å². The van der Waals surface area contributed by atoms with Crippen LogP contribution < -0.4 is 10.1 Å². The number of nitrogens with zero attached hydrogens (tertiary/aromatic N) is 1. The summed E-state index contributed by atoms with van der Waals surface area (Å²) in [7, 11) is 1.57. The van der Waals surface area contributed by atoms with Crippen LogP contribution in [0.1, 0.15) is 11.6 Å². The average molecular weight is 256 g/mol. The minimum Gasteiger partial charge on any atom is -0.497 e. The zero-order chi connectivity index (χ0) is 13.7. The number of hydrogen-bond acceptors (Lipinski definition) is 3. The van der Waals surface area contributed by atoms with Crippen LogP contribution >= 0.6 is 0 Å². The molecule has 0 aliphatic heterocycles. The number of nitriles is 1. The summed E-state index contributed by atoms with van der Waals surface area (Å²) in [5.74, 6) is 0.277. The predicted molar refractivity (Wildman–Crippen MR) is 71.4 cm³/mol. The first-order chi connectivity index (χ1) is 9.24. The molecule has 0 bridgehead atoms. The molecule has 0 aliphatic carbocycles. The van der Waals surface area contributed by atoms with E-state index in [1.54, 1.807) is 49.6 Å². The molecule has 1 atom stereocenters. The summed E-state index contributed by atoms with van der Waals surface area (Å²) in [5, 5.41) is 12.2. The molecule has 1 unspecified atom stereocenters. The van der Waals surface area contributed by atoms with Crippen molar-refractivity contribution in [2.45, 2.75) is 6.04 Å². The fourth-order valence-corrected chi connectivity index (χ4v) is 1.77. The maximum absolute atomic E-state index is 13.7. The van der Waals surface area contributed by atoms with E-state index >= 15 is 0 Å². The van der Waals surface area contributed by atoms with Crippen LogP contribution in [0.4, 0.5) is 10.1 Å². The molecular formula is C15H13FN2O. The summed E-state index contributed by atoms with van der Waals surface area (Å²) in [6, 6.07) is 14.7. The molecule has 0 radical (unpaired) electrons. The Labute approximate surface area is 111 Å². The molecule has 0 aliphatic rings. The van der Waals surface area contributed by atoms with Crippen molar-refractivity contribution in [2.75, 3.05) is 12.4 Å². The fraction of sp³-hybridized carbons (Fsp3) is 0.133. The topological polar surface area (TPSA) is 45.0 Å². The number of anilines is 1. The molecule has 19 heavy (non-hydrogen) atoms. The van der Waals surface area contributed by atoms with E-state index in [9.17, 15) is 9.65 Å². The standard InChI is InChI=1S/C15H13FN2O/c1-19-12-6-4-5-11(9-12)18-15(10-17)13-7-2-3-8-14(13)16/h2-9,15,18H,1H3. The van der Waals surface area contributed by atoms with Crippen molar-refractivity contribution >= 4 is 5.69 Å². The van der Waals surface area contributed by atoms with Crippen LogP contribution in [0.5, 0.6) is 5.75 Å². The quantitative estimate of drug-likeness (QED) is 0.910. The highest BCUT2D eigenvalue weighted by Gasteiger charge is 2.14. The second-order valence-electron chi connectivity index (χ2n) is 3.96. The Balaban J connectivity index is 2.25. The molecule has 0 aromatic heterocycles. The SMILES string of the molecule is COc1cccc(NC(C#N)c2ccccc2F)c1. The number of benzene rings is 2. The lowest BCUT2D eigenvalue weighted by atomic mass is 10.1. The van der Waals surface area contributed by atoms with E-state index in [4.69, 9.17) is 4.74 Å². The predicted octanol–water partition coefficient (Wildman–Crippen LogP) is 3.51. The number of hydrogen-bond donors (Lipinski definition) is 1. The molecule has 0 heterocycles. The molecule has 2 aromatic rings. The number of ether oxygens (including phenoxy) is 1. The number of halogens is 1. The van der Waals surface area contributed by atoms with Crippen LogP contribution in [-0.2, 0) is 0 Å². The average Bonchev–Trinajstić information content (AvgIpc) is 2.46. The van der Waals surface area contributed by atoms with Crippen LogP contribution in [0.15, 0.2) is 48.5 Å². The van der Waals surface area contributed by atoms with E-state index in [1.165, 1.54) is 6.07 Å². The first kappa shape index (κ1) is 12.9. The second kappa shape index (κ2) is 5.87. The normalized spacial score (nSPS) is 11.4. The minimum atomic E-state index is -0.742. The maximum atomic E-state index is 13.7. The maximum Gasteiger partial charge on any atom is 0.143 e. The van der Waals surface area contributed by atoms with Crippen LogP contribution in [-0.4, -0.2) is 7.11 Å². The first-order valence-electron chi connectivity index (χ1n) is 5.79. The number of rotatable bonds is 4. The molecule has 96 valence electrons. The Bertz CT molecular complexity index is 607. The summed E-state index contributed by atoms with van der Waals surface area (Å²) in [6.45, 7) is 0. The highest BCUT2D eigenvalue weighted by atomic mass is 19.1. The van der Waals surface area contributed by atoms with Gasteiger partial charge >= 0.3 is 0 Å². The van der Waals surface area contributed by atoms with Crippen molar-refractivity contribution in [3.63, 3.8) is 0 Å². The van der Waals surface area contributed by atoms with Crippen molar-refractivity contribution < 1.29 is 9.13 Å². The van der Waals surface area contributed by atoms with E-state index in [0.717, 1.165) is 0 Å². The lowest BCUT2D eigenvalue weighted by Gasteiger charge is -2.14.